The first-order valence-corrected chi connectivity index (χ1v) is 9.95. The van der Waals surface area contributed by atoms with Crippen molar-refractivity contribution in [1.82, 2.24) is 0 Å². The van der Waals surface area contributed by atoms with Gasteiger partial charge < -0.3 is 22.8 Å². The zero-order valence-electron chi connectivity index (χ0n) is 16.3. The van der Waals surface area contributed by atoms with E-state index in [2.05, 4.69) is 0 Å². The summed E-state index contributed by atoms with van der Waals surface area (Å²) in [5.41, 5.74) is 0.656. The van der Waals surface area contributed by atoms with Gasteiger partial charge in [-0.2, -0.15) is 0 Å². The minimum absolute atomic E-state index is 0. The van der Waals surface area contributed by atoms with Crippen molar-refractivity contribution < 1.29 is 56.9 Å². The zero-order chi connectivity index (χ0) is 20.8. The Hall–Kier alpha value is -2.35. The van der Waals surface area contributed by atoms with E-state index >= 15 is 0 Å². The van der Waals surface area contributed by atoms with Crippen LogP contribution in [0.2, 0.25) is 0 Å². The number of phosphoric ester groups is 1. The average Bonchev–Trinajstić information content (AvgIpc) is 2.59. The number of aryl methyl sites for hydroxylation is 2. The summed E-state index contributed by atoms with van der Waals surface area (Å²) < 4.78 is 32.4. The summed E-state index contributed by atoms with van der Waals surface area (Å²) in [5.74, 6) is -0.152. The molecule has 0 unspecified atom stereocenters. The van der Waals surface area contributed by atoms with Gasteiger partial charge in [0.25, 0.3) is 0 Å². The van der Waals surface area contributed by atoms with Gasteiger partial charge in [-0.15, -0.1) is 0 Å². The molecule has 0 aliphatic carbocycles. The largest absolute Gasteiger partial charge is 1.00 e. The van der Waals surface area contributed by atoms with Crippen molar-refractivity contribution in [1.29, 1.82) is 0 Å². The second-order valence-corrected chi connectivity index (χ2v) is 7.70. The predicted molar refractivity (Wildman–Crippen MR) is 103 cm³/mol. The standard InChI is InChI=1S/C20H15O8P.Na/c1-11-7-19(21)25-17-9-13(3-5-15(11)17)27-29(23,24)28-14-4-6-16-12(2)8-20(22)26-18(16)10-14;/h3-10H,1-2H3,(H,23,24);/q;+1/p-1. The van der Waals surface area contributed by atoms with Crippen LogP contribution in [-0.2, 0) is 4.57 Å². The number of benzene rings is 2. The van der Waals surface area contributed by atoms with Gasteiger partial charge in [0.2, 0.25) is 0 Å². The molecule has 30 heavy (non-hydrogen) atoms. The van der Waals surface area contributed by atoms with Gasteiger partial charge in [-0.3, -0.25) is 0 Å². The summed E-state index contributed by atoms with van der Waals surface area (Å²) in [4.78, 5) is 35.3. The van der Waals surface area contributed by atoms with E-state index in [1.165, 1.54) is 36.4 Å². The molecule has 0 aliphatic heterocycles. The summed E-state index contributed by atoms with van der Waals surface area (Å²) in [6, 6.07) is 11.3. The van der Waals surface area contributed by atoms with Crippen molar-refractivity contribution in [2.24, 2.45) is 0 Å². The van der Waals surface area contributed by atoms with Crippen LogP contribution in [0.25, 0.3) is 21.9 Å². The van der Waals surface area contributed by atoms with Gasteiger partial charge in [0.1, 0.15) is 22.7 Å². The molecule has 10 heteroatoms. The normalized spacial score (nSPS) is 11.3. The van der Waals surface area contributed by atoms with Crippen LogP contribution in [0.3, 0.4) is 0 Å². The van der Waals surface area contributed by atoms with Crippen molar-refractivity contribution in [3.05, 3.63) is 80.5 Å². The molecule has 0 radical (unpaired) electrons. The number of hydrogen-bond donors (Lipinski definition) is 0. The van der Waals surface area contributed by atoms with Gasteiger partial charge >= 0.3 is 48.6 Å². The third kappa shape index (κ3) is 4.69. The van der Waals surface area contributed by atoms with E-state index < -0.39 is 19.1 Å². The Labute approximate surface area is 191 Å². The Balaban J connectivity index is 0.00000256. The molecule has 2 aromatic carbocycles. The van der Waals surface area contributed by atoms with Gasteiger partial charge in [0.05, 0.1) is 0 Å². The first-order chi connectivity index (χ1) is 13.7. The van der Waals surface area contributed by atoms with Crippen molar-refractivity contribution >= 4 is 29.8 Å². The molecule has 0 saturated carbocycles. The third-order valence-corrected chi connectivity index (χ3v) is 5.15. The van der Waals surface area contributed by atoms with Gasteiger partial charge in [-0.05, 0) is 49.2 Å². The molecule has 0 aliphatic rings. The van der Waals surface area contributed by atoms with Crippen LogP contribution in [0, 0.1) is 13.8 Å². The van der Waals surface area contributed by atoms with Crippen LogP contribution in [-0.4, -0.2) is 0 Å². The van der Waals surface area contributed by atoms with Crippen molar-refractivity contribution in [3.63, 3.8) is 0 Å². The molecule has 8 nitrogen and oxygen atoms in total. The second kappa shape index (κ2) is 8.41. The fraction of sp³-hybridized carbons (Fsp3) is 0.100. The molecule has 0 bridgehead atoms. The first-order valence-electron chi connectivity index (χ1n) is 8.49. The number of rotatable bonds is 4. The number of hydrogen-bond acceptors (Lipinski definition) is 8. The fourth-order valence-corrected chi connectivity index (χ4v) is 3.78. The van der Waals surface area contributed by atoms with Crippen LogP contribution in [0.15, 0.2) is 67.0 Å². The maximum Gasteiger partial charge on any atom is 1.00 e. The Bertz CT molecular complexity index is 1320. The molecule has 2 aromatic heterocycles. The first kappa shape index (κ1) is 22.3. The fourth-order valence-electron chi connectivity index (χ4n) is 3.00. The smallest absolute Gasteiger partial charge is 0.736 e. The molecule has 0 saturated heterocycles. The van der Waals surface area contributed by atoms with Gasteiger partial charge in [0.15, 0.2) is 0 Å². The summed E-state index contributed by atoms with van der Waals surface area (Å²) in [6.07, 6.45) is 0. The van der Waals surface area contributed by atoms with Gasteiger partial charge in [0, 0.05) is 35.0 Å². The second-order valence-electron chi connectivity index (χ2n) is 6.44. The van der Waals surface area contributed by atoms with E-state index in [4.69, 9.17) is 17.9 Å². The number of phosphoric acid groups is 1. The Morgan fingerprint density at radius 3 is 1.57 bits per heavy atom. The van der Waals surface area contributed by atoms with Crippen LogP contribution in [0.4, 0.5) is 0 Å². The molecular weight excluding hydrogens is 422 g/mol. The van der Waals surface area contributed by atoms with E-state index in [1.54, 1.807) is 26.0 Å². The zero-order valence-corrected chi connectivity index (χ0v) is 19.2. The summed E-state index contributed by atoms with van der Waals surface area (Å²) in [5, 5.41) is 1.30. The molecule has 0 fully saturated rings. The predicted octanol–water partition coefficient (Wildman–Crippen LogP) is 0.446. The van der Waals surface area contributed by atoms with Crippen LogP contribution in [0.5, 0.6) is 11.5 Å². The Morgan fingerprint density at radius 1 is 0.767 bits per heavy atom. The van der Waals surface area contributed by atoms with E-state index in [-0.39, 0.29) is 52.2 Å². The molecule has 0 N–H and O–H groups in total. The SMILES string of the molecule is Cc1cc(=O)oc2cc(OP(=O)([O-])Oc3ccc4c(C)cc(=O)oc4c3)ccc12.[Na+]. The third-order valence-electron chi connectivity index (χ3n) is 4.28. The average molecular weight is 436 g/mol. The van der Waals surface area contributed by atoms with Crippen molar-refractivity contribution in [2.45, 2.75) is 13.8 Å². The molecule has 0 amide bonds. The molecule has 2 heterocycles. The summed E-state index contributed by atoms with van der Waals surface area (Å²) in [7, 11) is -4.83. The van der Waals surface area contributed by atoms with Crippen molar-refractivity contribution in [3.8, 4) is 11.5 Å². The Morgan fingerprint density at radius 2 is 1.17 bits per heavy atom. The molecule has 0 spiro atoms. The minimum Gasteiger partial charge on any atom is -0.736 e. The maximum atomic E-state index is 12.3. The maximum absolute atomic E-state index is 12.3. The summed E-state index contributed by atoms with van der Waals surface area (Å²) >= 11 is 0. The molecule has 4 aromatic rings. The van der Waals surface area contributed by atoms with E-state index in [9.17, 15) is 19.0 Å². The van der Waals surface area contributed by atoms with E-state index in [0.29, 0.717) is 21.9 Å². The quantitative estimate of drug-likeness (QED) is 0.257. The Kier molecular flexibility index (Phi) is 6.26. The van der Waals surface area contributed by atoms with Crippen LogP contribution in [0.1, 0.15) is 11.1 Å². The van der Waals surface area contributed by atoms with Crippen LogP contribution < -0.4 is 54.7 Å². The molecular formula is C20H14NaO8P. The van der Waals surface area contributed by atoms with E-state index in [1.807, 2.05) is 0 Å². The summed E-state index contributed by atoms with van der Waals surface area (Å²) in [6.45, 7) is 3.47. The van der Waals surface area contributed by atoms with Crippen molar-refractivity contribution in [2.75, 3.05) is 0 Å². The number of fused-ring (bicyclic) bond motifs is 2. The monoisotopic (exact) mass is 436 g/mol. The topological polar surface area (TPSA) is 119 Å². The van der Waals surface area contributed by atoms with E-state index in [0.717, 1.165) is 0 Å². The molecule has 4 rings (SSSR count). The van der Waals surface area contributed by atoms with Gasteiger partial charge in [-0.1, -0.05) is 0 Å². The van der Waals surface area contributed by atoms with Crippen LogP contribution >= 0.6 is 7.82 Å². The van der Waals surface area contributed by atoms with Gasteiger partial charge in [-0.25, -0.2) is 14.2 Å². The molecule has 148 valence electrons. The molecule has 0 atom stereocenters. The minimum atomic E-state index is -4.83.